The third-order valence-electron chi connectivity index (χ3n) is 5.22. The van der Waals surface area contributed by atoms with Gasteiger partial charge in [-0.3, -0.25) is 0 Å². The number of amides is 1. The first-order valence-corrected chi connectivity index (χ1v) is 14.6. The molecule has 0 unspecified atom stereocenters. The highest BCUT2D eigenvalue weighted by Crippen LogP contribution is 2.26. The molecule has 0 fully saturated rings. The fourth-order valence-electron chi connectivity index (χ4n) is 2.79. The molecule has 2 aromatic carbocycles. The second kappa shape index (κ2) is 12.6. The lowest BCUT2D eigenvalue weighted by Gasteiger charge is -2.27. The average Bonchev–Trinajstić information content (AvgIpc) is 2.76. The van der Waals surface area contributed by atoms with Gasteiger partial charge in [-0.15, -0.1) is 0 Å². The van der Waals surface area contributed by atoms with Gasteiger partial charge < -0.3 is 14.5 Å². The van der Waals surface area contributed by atoms with Crippen LogP contribution in [0.1, 0.15) is 65.2 Å². The monoisotopic (exact) mass is 468 g/mol. The number of benzene rings is 2. The fourth-order valence-corrected chi connectivity index (χ4v) is 3.66. The van der Waals surface area contributed by atoms with Crippen LogP contribution in [0.25, 0.3) is 11.1 Å². The Balaban J connectivity index is 0.00000265. The van der Waals surface area contributed by atoms with Crippen LogP contribution < -0.4 is 5.32 Å². The molecule has 6 heteroatoms. The zero-order chi connectivity index (χ0) is 25.2. The molecule has 0 atom stereocenters. The summed E-state index contributed by atoms with van der Waals surface area (Å²) >= 11 is 0. The Kier molecular flexibility index (Phi) is 10.8. The van der Waals surface area contributed by atoms with E-state index in [4.69, 9.17) is 9.16 Å². The van der Waals surface area contributed by atoms with E-state index in [1.165, 1.54) is 0 Å². The zero-order valence-corrected chi connectivity index (χ0v) is 22.7. The maximum atomic E-state index is 12.0. The van der Waals surface area contributed by atoms with Gasteiger partial charge in [0.25, 0.3) is 0 Å². The normalized spacial score (nSPS) is 11.3. The third kappa shape index (κ3) is 9.81. The Labute approximate surface area is 201 Å². The molecule has 2 rings (SSSR count). The minimum Gasteiger partial charge on any atom is -0.444 e. The molecule has 0 heterocycles. The number of carbonyl (C=O) groups excluding carboxylic acids is 1. The largest absolute Gasteiger partial charge is 0.444 e. The van der Waals surface area contributed by atoms with Gasteiger partial charge in [0, 0.05) is 6.54 Å². The molecule has 180 valence electrons. The lowest BCUT2D eigenvalue weighted by atomic mass is 9.98. The number of hydrogen-bond acceptors (Lipinski definition) is 4. The van der Waals surface area contributed by atoms with E-state index in [1.807, 2.05) is 58.9 Å². The molecule has 2 aromatic rings. The summed E-state index contributed by atoms with van der Waals surface area (Å²) in [5, 5.41) is 12.2. The second-order valence-electron chi connectivity index (χ2n) is 9.63. The molecule has 0 aromatic heterocycles. The molecule has 0 spiro atoms. The summed E-state index contributed by atoms with van der Waals surface area (Å²) in [4.78, 5) is 12.0. The van der Waals surface area contributed by atoms with Crippen molar-refractivity contribution in [3.8, 4) is 17.2 Å². The van der Waals surface area contributed by atoms with Gasteiger partial charge in [-0.25, -0.2) is 4.79 Å². The van der Waals surface area contributed by atoms with Gasteiger partial charge in [0.15, 0.2) is 8.32 Å². The molecule has 5 nitrogen and oxygen atoms in total. The first-order chi connectivity index (χ1) is 15.4. The summed E-state index contributed by atoms with van der Waals surface area (Å²) in [6.45, 7) is 19.2. The quantitative estimate of drug-likeness (QED) is 0.429. The number of hydrogen-bond donors (Lipinski definition) is 1. The first kappa shape index (κ1) is 28.4. The van der Waals surface area contributed by atoms with Crippen molar-refractivity contribution in [1.29, 1.82) is 5.26 Å². The van der Waals surface area contributed by atoms with Gasteiger partial charge in [-0.2, -0.15) is 5.26 Å². The van der Waals surface area contributed by atoms with E-state index < -0.39 is 20.0 Å². The van der Waals surface area contributed by atoms with Crippen molar-refractivity contribution < 1.29 is 14.0 Å². The van der Waals surface area contributed by atoms with Crippen molar-refractivity contribution in [2.75, 3.05) is 0 Å². The summed E-state index contributed by atoms with van der Waals surface area (Å²) in [5.74, 6) is 0. The summed E-state index contributed by atoms with van der Waals surface area (Å²) in [6, 6.07) is 16.1. The van der Waals surface area contributed by atoms with Gasteiger partial charge >= 0.3 is 6.09 Å². The molecule has 0 aliphatic heterocycles. The smallest absolute Gasteiger partial charge is 0.407 e. The Morgan fingerprint density at radius 2 is 1.70 bits per heavy atom. The zero-order valence-electron chi connectivity index (χ0n) is 21.7. The van der Waals surface area contributed by atoms with Crippen LogP contribution in [0.15, 0.2) is 42.5 Å². The minimum absolute atomic E-state index is 0.286. The van der Waals surface area contributed by atoms with Gasteiger partial charge in [0.2, 0.25) is 0 Å². The highest BCUT2D eigenvalue weighted by Gasteiger charge is 2.26. The summed E-state index contributed by atoms with van der Waals surface area (Å²) in [5.41, 5.74) is 4.43. The highest BCUT2D eigenvalue weighted by molar-refractivity contribution is 6.72. The number of nitrogens with zero attached hydrogens (tertiary/aromatic N) is 1. The Hall–Kier alpha value is -2.62. The Bertz CT molecular complexity index is 957. The number of nitrogens with one attached hydrogen (secondary N) is 1. The molecular weight excluding hydrogens is 428 g/mol. The van der Waals surface area contributed by atoms with Crippen LogP contribution in [0.4, 0.5) is 4.79 Å². The van der Waals surface area contributed by atoms with Crippen molar-refractivity contribution in [3.63, 3.8) is 0 Å². The van der Waals surface area contributed by atoms with Crippen molar-refractivity contribution in [3.05, 3.63) is 59.2 Å². The number of nitriles is 1. The van der Waals surface area contributed by atoms with Crippen LogP contribution in [0.2, 0.25) is 18.6 Å². The van der Waals surface area contributed by atoms with Crippen molar-refractivity contribution in [2.45, 2.75) is 85.9 Å². The topological polar surface area (TPSA) is 71.3 Å². The van der Waals surface area contributed by atoms with Crippen LogP contribution in [0.3, 0.4) is 0 Å². The summed E-state index contributed by atoms with van der Waals surface area (Å²) in [6.07, 6.45) is -0.479. The summed E-state index contributed by atoms with van der Waals surface area (Å²) in [7, 11) is -1.72. The number of rotatable bonds is 7. The average molecular weight is 469 g/mol. The fraction of sp³-hybridized carbons (Fsp3) is 0.481. The molecule has 0 aliphatic carbocycles. The van der Waals surface area contributed by atoms with E-state index in [2.05, 4.69) is 50.5 Å². The molecular formula is C27H40N2O3Si. The number of alkyl carbamates (subject to hydrolysis) is 1. The molecule has 0 saturated carbocycles. The lowest BCUT2D eigenvalue weighted by molar-refractivity contribution is 0.0523. The van der Waals surface area contributed by atoms with Gasteiger partial charge in [-0.05, 0) is 85.9 Å². The van der Waals surface area contributed by atoms with E-state index in [1.54, 1.807) is 6.07 Å². The van der Waals surface area contributed by atoms with Crippen LogP contribution in [-0.2, 0) is 22.3 Å². The summed E-state index contributed by atoms with van der Waals surface area (Å²) < 4.78 is 11.6. The predicted molar refractivity (Wildman–Crippen MR) is 138 cm³/mol. The maximum Gasteiger partial charge on any atom is 0.407 e. The molecule has 33 heavy (non-hydrogen) atoms. The highest BCUT2D eigenvalue weighted by atomic mass is 28.4. The molecule has 1 amide bonds. The number of carbonyl (C=O) groups is 1. The molecule has 0 radical (unpaired) electrons. The minimum atomic E-state index is -1.72. The predicted octanol–water partition coefficient (Wildman–Crippen LogP) is 7.41. The van der Waals surface area contributed by atoms with Crippen LogP contribution in [0.5, 0.6) is 0 Å². The van der Waals surface area contributed by atoms with Crippen molar-refractivity contribution >= 4 is 14.4 Å². The lowest BCUT2D eigenvalue weighted by Crippen LogP contribution is -2.33. The molecule has 0 aliphatic rings. The van der Waals surface area contributed by atoms with Crippen LogP contribution in [-0.4, -0.2) is 20.0 Å². The van der Waals surface area contributed by atoms with E-state index >= 15 is 0 Å². The third-order valence-corrected chi connectivity index (χ3v) is 8.89. The van der Waals surface area contributed by atoms with E-state index in [0.717, 1.165) is 22.3 Å². The van der Waals surface area contributed by atoms with E-state index in [9.17, 15) is 10.1 Å². The standard InChI is InChI=1S/C25H34N2O3Si.C2H6/c1-18(2)31(6,7)29-17-19-9-8-10-22(12-19)23-13-20(15-26)11-21(14-23)16-27-24(28)30-25(3,4)5;1-2/h8-14,18H,16-17H2,1-7H3,(H,27,28);1-2H3. The van der Waals surface area contributed by atoms with Crippen LogP contribution >= 0.6 is 0 Å². The van der Waals surface area contributed by atoms with Crippen molar-refractivity contribution in [1.82, 2.24) is 5.32 Å². The van der Waals surface area contributed by atoms with Crippen molar-refractivity contribution in [2.24, 2.45) is 0 Å². The van der Waals surface area contributed by atoms with Gasteiger partial charge in [0.1, 0.15) is 5.60 Å². The first-order valence-electron chi connectivity index (χ1n) is 11.6. The van der Waals surface area contributed by atoms with Gasteiger partial charge in [0.05, 0.1) is 18.2 Å². The molecule has 1 N–H and O–H groups in total. The van der Waals surface area contributed by atoms with Crippen LogP contribution in [0, 0.1) is 11.3 Å². The van der Waals surface area contributed by atoms with Gasteiger partial charge in [-0.1, -0.05) is 45.9 Å². The Morgan fingerprint density at radius 3 is 2.27 bits per heavy atom. The maximum absolute atomic E-state index is 12.0. The SMILES string of the molecule is CC.CC(C)[Si](C)(C)OCc1cccc(-c2cc(C#N)cc(CNC(=O)OC(C)(C)C)c2)c1. The van der Waals surface area contributed by atoms with E-state index in [-0.39, 0.29) is 6.54 Å². The van der Waals surface area contributed by atoms with E-state index in [0.29, 0.717) is 17.7 Å². The second-order valence-corrected chi connectivity index (χ2v) is 14.3. The molecule has 0 saturated heterocycles. The molecule has 0 bridgehead atoms. The number of ether oxygens (including phenoxy) is 1. The Morgan fingerprint density at radius 1 is 1.06 bits per heavy atom.